The van der Waals surface area contributed by atoms with Gasteiger partial charge in [-0.1, -0.05) is 29.5 Å². The number of hydrogen-bond acceptors (Lipinski definition) is 5. The van der Waals surface area contributed by atoms with E-state index in [-0.39, 0.29) is 0 Å². The van der Waals surface area contributed by atoms with Crippen LogP contribution in [-0.4, -0.2) is 19.2 Å². The summed E-state index contributed by atoms with van der Waals surface area (Å²) in [6.45, 7) is 0.571. The summed E-state index contributed by atoms with van der Waals surface area (Å²) in [5, 5.41) is 4.23. The minimum atomic E-state index is 0.571. The molecule has 5 heteroatoms. The Kier molecular flexibility index (Phi) is 4.03. The third-order valence-electron chi connectivity index (χ3n) is 3.15. The first kappa shape index (κ1) is 13.9. The van der Waals surface area contributed by atoms with Crippen LogP contribution in [0.3, 0.4) is 0 Å². The van der Waals surface area contributed by atoms with E-state index >= 15 is 0 Å². The van der Waals surface area contributed by atoms with Crippen LogP contribution in [0.15, 0.2) is 42.5 Å². The predicted octanol–water partition coefficient (Wildman–Crippen LogP) is 4.19. The van der Waals surface area contributed by atoms with Crippen LogP contribution >= 0.6 is 11.3 Å². The number of para-hydroxylation sites is 1. The van der Waals surface area contributed by atoms with Gasteiger partial charge in [0.1, 0.15) is 5.75 Å². The molecule has 0 fully saturated rings. The first-order chi connectivity index (χ1) is 10.3. The van der Waals surface area contributed by atoms with Crippen LogP contribution < -0.4 is 10.1 Å². The van der Waals surface area contributed by atoms with Crippen LogP contribution in [0.25, 0.3) is 10.2 Å². The lowest BCUT2D eigenvalue weighted by Crippen LogP contribution is -1.96. The summed E-state index contributed by atoms with van der Waals surface area (Å²) in [6, 6.07) is 14.0. The van der Waals surface area contributed by atoms with E-state index in [1.807, 2.05) is 42.5 Å². The SMILES string of the molecule is COCc1ccccc1Nc1nc2ccc(OC)cc2s1. The highest BCUT2D eigenvalue weighted by molar-refractivity contribution is 7.22. The Hall–Kier alpha value is -2.11. The molecule has 0 aliphatic heterocycles. The van der Waals surface area contributed by atoms with Crippen molar-refractivity contribution < 1.29 is 9.47 Å². The molecule has 1 N–H and O–H groups in total. The van der Waals surface area contributed by atoms with Crippen LogP contribution in [0.1, 0.15) is 5.56 Å². The molecule has 4 nitrogen and oxygen atoms in total. The van der Waals surface area contributed by atoms with Crippen LogP contribution in [0.2, 0.25) is 0 Å². The van der Waals surface area contributed by atoms with Gasteiger partial charge in [0.2, 0.25) is 0 Å². The number of rotatable bonds is 5. The molecule has 3 aromatic rings. The van der Waals surface area contributed by atoms with E-state index in [2.05, 4.69) is 10.3 Å². The van der Waals surface area contributed by atoms with E-state index in [1.54, 1.807) is 25.6 Å². The number of thiazole rings is 1. The van der Waals surface area contributed by atoms with E-state index < -0.39 is 0 Å². The fourth-order valence-electron chi connectivity index (χ4n) is 2.12. The molecule has 21 heavy (non-hydrogen) atoms. The lowest BCUT2D eigenvalue weighted by Gasteiger charge is -2.08. The molecule has 0 bridgehead atoms. The van der Waals surface area contributed by atoms with Crippen molar-refractivity contribution in [2.45, 2.75) is 6.61 Å². The van der Waals surface area contributed by atoms with E-state index in [1.165, 1.54) is 0 Å². The highest BCUT2D eigenvalue weighted by Crippen LogP contribution is 2.31. The lowest BCUT2D eigenvalue weighted by molar-refractivity contribution is 0.185. The maximum atomic E-state index is 5.24. The van der Waals surface area contributed by atoms with Crippen LogP contribution in [0.4, 0.5) is 10.8 Å². The van der Waals surface area contributed by atoms with Gasteiger partial charge in [-0.25, -0.2) is 4.98 Å². The predicted molar refractivity (Wildman–Crippen MR) is 86.6 cm³/mol. The summed E-state index contributed by atoms with van der Waals surface area (Å²) >= 11 is 1.61. The maximum absolute atomic E-state index is 5.24. The number of hydrogen-bond donors (Lipinski definition) is 1. The number of fused-ring (bicyclic) bond motifs is 1. The molecule has 3 rings (SSSR count). The smallest absolute Gasteiger partial charge is 0.188 e. The molecular weight excluding hydrogens is 284 g/mol. The zero-order chi connectivity index (χ0) is 14.7. The summed E-state index contributed by atoms with van der Waals surface area (Å²) < 4.78 is 11.6. The summed E-state index contributed by atoms with van der Waals surface area (Å²) in [4.78, 5) is 4.60. The summed E-state index contributed by atoms with van der Waals surface area (Å²) in [7, 11) is 3.36. The first-order valence-electron chi connectivity index (χ1n) is 6.58. The van der Waals surface area contributed by atoms with Gasteiger partial charge in [-0.2, -0.15) is 0 Å². The van der Waals surface area contributed by atoms with Gasteiger partial charge < -0.3 is 14.8 Å². The number of anilines is 2. The topological polar surface area (TPSA) is 43.4 Å². The average molecular weight is 300 g/mol. The largest absolute Gasteiger partial charge is 0.497 e. The lowest BCUT2D eigenvalue weighted by atomic mass is 10.2. The normalized spacial score (nSPS) is 10.8. The number of nitrogens with one attached hydrogen (secondary N) is 1. The van der Waals surface area contributed by atoms with Crippen molar-refractivity contribution in [2.75, 3.05) is 19.5 Å². The molecule has 2 aromatic carbocycles. The number of aromatic nitrogens is 1. The molecule has 1 aromatic heterocycles. The third kappa shape index (κ3) is 2.99. The molecule has 0 aliphatic carbocycles. The van der Waals surface area contributed by atoms with E-state index in [0.29, 0.717) is 6.61 Å². The monoisotopic (exact) mass is 300 g/mol. The van der Waals surface area contributed by atoms with Crippen molar-refractivity contribution in [2.24, 2.45) is 0 Å². The molecule has 0 unspecified atom stereocenters. The highest BCUT2D eigenvalue weighted by Gasteiger charge is 2.07. The third-order valence-corrected chi connectivity index (χ3v) is 4.09. The first-order valence-corrected chi connectivity index (χ1v) is 7.40. The van der Waals surface area contributed by atoms with E-state index in [0.717, 1.165) is 32.3 Å². The van der Waals surface area contributed by atoms with Gasteiger partial charge in [0.05, 0.1) is 23.9 Å². The minimum absolute atomic E-state index is 0.571. The Labute approximate surface area is 127 Å². The van der Waals surface area contributed by atoms with Crippen molar-refractivity contribution in [3.05, 3.63) is 48.0 Å². The van der Waals surface area contributed by atoms with Gasteiger partial charge in [0.25, 0.3) is 0 Å². The van der Waals surface area contributed by atoms with Crippen molar-refractivity contribution >= 4 is 32.4 Å². The van der Waals surface area contributed by atoms with Crippen LogP contribution in [0.5, 0.6) is 5.75 Å². The van der Waals surface area contributed by atoms with Crippen molar-refractivity contribution in [3.8, 4) is 5.75 Å². The zero-order valence-electron chi connectivity index (χ0n) is 11.9. The van der Waals surface area contributed by atoms with E-state index in [4.69, 9.17) is 9.47 Å². The van der Waals surface area contributed by atoms with Gasteiger partial charge in [-0.15, -0.1) is 0 Å². The molecule has 0 atom stereocenters. The molecule has 1 heterocycles. The Morgan fingerprint density at radius 3 is 2.81 bits per heavy atom. The number of benzene rings is 2. The standard InChI is InChI=1S/C16H16N2O2S/c1-19-10-11-5-3-4-6-13(11)17-16-18-14-8-7-12(20-2)9-15(14)21-16/h3-9H,10H2,1-2H3,(H,17,18). The molecular formula is C16H16N2O2S. The van der Waals surface area contributed by atoms with Crippen LogP contribution in [-0.2, 0) is 11.3 Å². The molecule has 0 aliphatic rings. The van der Waals surface area contributed by atoms with Gasteiger partial charge in [0.15, 0.2) is 5.13 Å². The second-order valence-corrected chi connectivity index (χ2v) is 5.60. The molecule has 0 amide bonds. The number of nitrogens with zero attached hydrogens (tertiary/aromatic N) is 1. The Morgan fingerprint density at radius 1 is 1.14 bits per heavy atom. The highest BCUT2D eigenvalue weighted by atomic mass is 32.1. The van der Waals surface area contributed by atoms with Crippen LogP contribution in [0, 0.1) is 0 Å². The summed E-state index contributed by atoms with van der Waals surface area (Å²) in [5.41, 5.74) is 3.09. The Balaban J connectivity index is 1.91. The van der Waals surface area contributed by atoms with E-state index in [9.17, 15) is 0 Å². The maximum Gasteiger partial charge on any atom is 0.188 e. The molecule has 108 valence electrons. The number of methoxy groups -OCH3 is 2. The fraction of sp³-hybridized carbons (Fsp3) is 0.188. The second-order valence-electron chi connectivity index (χ2n) is 4.57. The minimum Gasteiger partial charge on any atom is -0.497 e. The Morgan fingerprint density at radius 2 is 2.00 bits per heavy atom. The van der Waals surface area contributed by atoms with Gasteiger partial charge >= 0.3 is 0 Å². The van der Waals surface area contributed by atoms with Crippen molar-refractivity contribution in [1.29, 1.82) is 0 Å². The molecule has 0 saturated carbocycles. The zero-order valence-corrected chi connectivity index (χ0v) is 12.7. The van der Waals surface area contributed by atoms with Gasteiger partial charge in [-0.05, 0) is 24.3 Å². The molecule has 0 spiro atoms. The quantitative estimate of drug-likeness (QED) is 0.767. The molecule has 0 saturated heterocycles. The van der Waals surface area contributed by atoms with Gasteiger partial charge in [0, 0.05) is 18.4 Å². The van der Waals surface area contributed by atoms with Gasteiger partial charge in [-0.3, -0.25) is 0 Å². The second kappa shape index (κ2) is 6.11. The Bertz CT molecular complexity index is 755. The van der Waals surface area contributed by atoms with Crippen molar-refractivity contribution in [3.63, 3.8) is 0 Å². The average Bonchev–Trinajstić information content (AvgIpc) is 2.90. The molecule has 0 radical (unpaired) electrons. The summed E-state index contributed by atoms with van der Waals surface area (Å²) in [6.07, 6.45) is 0. The van der Waals surface area contributed by atoms with Crippen molar-refractivity contribution in [1.82, 2.24) is 4.98 Å². The summed E-state index contributed by atoms with van der Waals surface area (Å²) in [5.74, 6) is 0.845. The fourth-order valence-corrected chi connectivity index (χ4v) is 3.03. The number of ether oxygens (including phenoxy) is 2.